The van der Waals surface area contributed by atoms with E-state index in [-0.39, 0.29) is 35.5 Å². The van der Waals surface area contributed by atoms with E-state index >= 15 is 0 Å². The minimum absolute atomic E-state index is 0.00555. The van der Waals surface area contributed by atoms with Crippen molar-refractivity contribution in [2.45, 2.75) is 19.4 Å². The van der Waals surface area contributed by atoms with E-state index in [4.69, 9.17) is 9.15 Å². The first-order chi connectivity index (χ1) is 11.5. The number of nitrogens with zero attached hydrogens (tertiary/aromatic N) is 1. The highest BCUT2D eigenvalue weighted by molar-refractivity contribution is 5.94. The monoisotopic (exact) mass is 333 g/mol. The van der Waals surface area contributed by atoms with Gasteiger partial charge in [0.2, 0.25) is 0 Å². The third-order valence-corrected chi connectivity index (χ3v) is 4.07. The highest BCUT2D eigenvalue weighted by atomic mass is 16.5. The number of carboxylic acid groups (broad SMARTS) is 1. The predicted molar refractivity (Wildman–Crippen MR) is 87.9 cm³/mol. The van der Waals surface area contributed by atoms with Gasteiger partial charge in [-0.25, -0.2) is 4.79 Å². The van der Waals surface area contributed by atoms with Crippen LogP contribution in [0.25, 0.3) is 11.0 Å². The van der Waals surface area contributed by atoms with Crippen molar-refractivity contribution in [3.63, 3.8) is 0 Å². The van der Waals surface area contributed by atoms with Crippen LogP contribution in [0.1, 0.15) is 22.8 Å². The Morgan fingerprint density at radius 2 is 2.17 bits per heavy atom. The van der Waals surface area contributed by atoms with Crippen LogP contribution in [-0.4, -0.2) is 48.6 Å². The number of fused-ring (bicyclic) bond motifs is 1. The van der Waals surface area contributed by atoms with E-state index in [2.05, 4.69) is 0 Å². The molecule has 1 fully saturated rings. The number of carbonyl (C=O) groups is 1. The molecule has 1 aliphatic heterocycles. The van der Waals surface area contributed by atoms with Crippen LogP contribution in [0.3, 0.4) is 0 Å². The lowest BCUT2D eigenvalue weighted by molar-refractivity contribution is 0.0517. The van der Waals surface area contributed by atoms with Gasteiger partial charge in [-0.15, -0.1) is 0 Å². The van der Waals surface area contributed by atoms with Crippen LogP contribution in [0.2, 0.25) is 0 Å². The van der Waals surface area contributed by atoms with Crippen molar-refractivity contribution in [1.29, 1.82) is 0 Å². The summed E-state index contributed by atoms with van der Waals surface area (Å²) in [7, 11) is 0. The fourth-order valence-electron chi connectivity index (χ4n) is 2.92. The summed E-state index contributed by atoms with van der Waals surface area (Å²) in [6, 6.07) is 4.14. The minimum Gasteiger partial charge on any atom is -0.478 e. The van der Waals surface area contributed by atoms with Crippen molar-refractivity contribution in [2.24, 2.45) is 0 Å². The molecule has 0 spiro atoms. The van der Waals surface area contributed by atoms with E-state index in [1.807, 2.05) is 11.8 Å². The van der Waals surface area contributed by atoms with Crippen LogP contribution < -0.4 is 10.3 Å². The molecule has 0 saturated carbocycles. The lowest BCUT2D eigenvalue weighted by Crippen LogP contribution is -2.41. The van der Waals surface area contributed by atoms with Crippen molar-refractivity contribution >= 4 is 22.8 Å². The van der Waals surface area contributed by atoms with Crippen molar-refractivity contribution in [1.82, 2.24) is 0 Å². The minimum atomic E-state index is -1.12. The summed E-state index contributed by atoms with van der Waals surface area (Å²) in [5.74, 6) is -0.688. The maximum absolute atomic E-state index is 12.5. The van der Waals surface area contributed by atoms with Crippen LogP contribution in [0, 0.1) is 0 Å². The number of aliphatic hydroxyl groups excluding tert-OH is 1. The molecule has 7 nitrogen and oxygen atoms in total. The molecule has 2 aromatic rings. The van der Waals surface area contributed by atoms with Crippen LogP contribution in [0.5, 0.6) is 0 Å². The zero-order valence-corrected chi connectivity index (χ0v) is 13.3. The molecule has 7 heteroatoms. The Labute approximate surface area is 138 Å². The second-order valence-corrected chi connectivity index (χ2v) is 5.87. The molecule has 24 heavy (non-hydrogen) atoms. The van der Waals surface area contributed by atoms with Crippen molar-refractivity contribution in [3.05, 3.63) is 39.5 Å². The zero-order valence-electron chi connectivity index (χ0n) is 13.3. The van der Waals surface area contributed by atoms with Gasteiger partial charge in [-0.1, -0.05) is 0 Å². The van der Waals surface area contributed by atoms with Gasteiger partial charge >= 0.3 is 5.97 Å². The molecule has 1 saturated heterocycles. The van der Waals surface area contributed by atoms with Crippen molar-refractivity contribution < 1.29 is 24.2 Å². The molecule has 0 amide bonds. The maximum atomic E-state index is 12.5. The van der Waals surface area contributed by atoms with Gasteiger partial charge < -0.3 is 24.3 Å². The van der Waals surface area contributed by atoms with E-state index in [9.17, 15) is 19.8 Å². The average Bonchev–Trinajstić information content (AvgIpc) is 2.55. The second kappa shape index (κ2) is 6.62. The third-order valence-electron chi connectivity index (χ3n) is 4.07. The number of rotatable bonds is 4. The van der Waals surface area contributed by atoms with Gasteiger partial charge in [-0.3, -0.25) is 4.79 Å². The summed E-state index contributed by atoms with van der Waals surface area (Å²) in [5.41, 5.74) is 0.544. The molecular weight excluding hydrogens is 314 g/mol. The molecule has 2 N–H and O–H groups in total. The number of aromatic carboxylic acids is 1. The number of aliphatic hydroxyl groups is 1. The van der Waals surface area contributed by atoms with Crippen LogP contribution in [-0.2, 0) is 11.2 Å². The maximum Gasteiger partial charge on any atom is 0.335 e. The summed E-state index contributed by atoms with van der Waals surface area (Å²) >= 11 is 0. The summed E-state index contributed by atoms with van der Waals surface area (Å²) in [5, 5.41) is 18.6. The zero-order chi connectivity index (χ0) is 17.3. The predicted octanol–water partition coefficient (Wildman–Crippen LogP) is 1.25. The topological polar surface area (TPSA) is 100 Å². The molecule has 0 bridgehead atoms. The standard InChI is InChI=1S/C17H19NO6/c1-10-9-18(3-5-23-10)15-8-14(20)13-7-12(17(21)22)6-11(2-4-19)16(13)24-15/h6-8,10,19H,2-5,9H2,1H3,(H,21,22)/t10-/m1/s1. The van der Waals surface area contributed by atoms with Crippen LogP contribution in [0.4, 0.5) is 5.88 Å². The molecule has 1 atom stereocenters. The highest BCUT2D eigenvalue weighted by Crippen LogP contribution is 2.25. The summed E-state index contributed by atoms with van der Waals surface area (Å²) in [4.78, 5) is 25.7. The van der Waals surface area contributed by atoms with E-state index in [1.54, 1.807) is 0 Å². The van der Waals surface area contributed by atoms with Gasteiger partial charge in [-0.05, 0) is 31.0 Å². The molecule has 0 aliphatic carbocycles. The summed E-state index contributed by atoms with van der Waals surface area (Å²) in [6.07, 6.45) is 0.245. The quantitative estimate of drug-likeness (QED) is 0.868. The summed E-state index contributed by atoms with van der Waals surface area (Å²) < 4.78 is 11.4. The lowest BCUT2D eigenvalue weighted by Gasteiger charge is -2.31. The molecule has 0 radical (unpaired) electrons. The molecule has 3 rings (SSSR count). The summed E-state index contributed by atoms with van der Waals surface area (Å²) in [6.45, 7) is 3.55. The molecule has 128 valence electrons. The SMILES string of the molecule is C[C@@H]1CN(c2cc(=O)c3cc(C(=O)O)cc(CCO)c3o2)CCO1. The Bertz CT molecular complexity index is 828. The normalized spacial score (nSPS) is 18.1. The Kier molecular flexibility index (Phi) is 4.55. The first-order valence-electron chi connectivity index (χ1n) is 7.81. The van der Waals surface area contributed by atoms with E-state index in [0.29, 0.717) is 36.7 Å². The number of hydrogen-bond donors (Lipinski definition) is 2. The van der Waals surface area contributed by atoms with E-state index in [0.717, 1.165) is 0 Å². The number of carboxylic acids is 1. The Morgan fingerprint density at radius 3 is 2.83 bits per heavy atom. The largest absolute Gasteiger partial charge is 0.478 e. The molecule has 2 heterocycles. The smallest absolute Gasteiger partial charge is 0.335 e. The van der Waals surface area contributed by atoms with Gasteiger partial charge in [-0.2, -0.15) is 0 Å². The van der Waals surface area contributed by atoms with Crippen LogP contribution in [0.15, 0.2) is 27.4 Å². The number of ether oxygens (including phenoxy) is 1. The molecule has 1 aromatic carbocycles. The number of morpholine rings is 1. The first kappa shape index (κ1) is 16.5. The van der Waals surface area contributed by atoms with Crippen molar-refractivity contribution in [2.75, 3.05) is 31.2 Å². The molecule has 1 aliphatic rings. The highest BCUT2D eigenvalue weighted by Gasteiger charge is 2.21. The van der Waals surface area contributed by atoms with Gasteiger partial charge in [0.05, 0.1) is 23.7 Å². The average molecular weight is 333 g/mol. The molecule has 1 aromatic heterocycles. The fraction of sp³-hybridized carbons (Fsp3) is 0.412. The van der Waals surface area contributed by atoms with E-state index in [1.165, 1.54) is 18.2 Å². The number of anilines is 1. The second-order valence-electron chi connectivity index (χ2n) is 5.87. The first-order valence-corrected chi connectivity index (χ1v) is 7.81. The van der Waals surface area contributed by atoms with Gasteiger partial charge in [0.25, 0.3) is 0 Å². The Morgan fingerprint density at radius 1 is 1.38 bits per heavy atom. The molecule has 0 unspecified atom stereocenters. The van der Waals surface area contributed by atoms with Gasteiger partial charge in [0.1, 0.15) is 5.58 Å². The Balaban J connectivity index is 2.15. The van der Waals surface area contributed by atoms with Crippen molar-refractivity contribution in [3.8, 4) is 0 Å². The number of hydrogen-bond acceptors (Lipinski definition) is 6. The third kappa shape index (κ3) is 3.13. The van der Waals surface area contributed by atoms with Gasteiger partial charge in [0, 0.05) is 25.8 Å². The van der Waals surface area contributed by atoms with E-state index < -0.39 is 5.97 Å². The van der Waals surface area contributed by atoms with Crippen LogP contribution >= 0.6 is 0 Å². The Hall–Kier alpha value is -2.38. The lowest BCUT2D eigenvalue weighted by atomic mass is 10.0. The molecular formula is C17H19NO6. The fourth-order valence-corrected chi connectivity index (χ4v) is 2.92. The number of benzene rings is 1. The van der Waals surface area contributed by atoms with Gasteiger partial charge in [0.15, 0.2) is 11.3 Å².